The fourth-order valence-electron chi connectivity index (χ4n) is 2.49. The molecule has 0 saturated carbocycles. The lowest BCUT2D eigenvalue weighted by Gasteiger charge is -2.19. The molecule has 4 heteroatoms. The second kappa shape index (κ2) is 5.88. The van der Waals surface area contributed by atoms with Crippen LogP contribution in [-0.4, -0.2) is 21.9 Å². The van der Waals surface area contributed by atoms with Gasteiger partial charge in [0.15, 0.2) is 5.82 Å². The van der Waals surface area contributed by atoms with Gasteiger partial charge in [-0.2, -0.15) is 5.10 Å². The third-order valence-electron chi connectivity index (χ3n) is 3.85. The number of hydrogen-bond acceptors (Lipinski definition) is 3. The van der Waals surface area contributed by atoms with Gasteiger partial charge in [-0.15, -0.1) is 0 Å². The second-order valence-electron chi connectivity index (χ2n) is 6.52. The second-order valence-corrected chi connectivity index (χ2v) is 6.52. The molecule has 4 nitrogen and oxygen atoms in total. The summed E-state index contributed by atoms with van der Waals surface area (Å²) in [6.07, 6.45) is 1.58. The van der Waals surface area contributed by atoms with Gasteiger partial charge in [-0.1, -0.05) is 45.0 Å². The number of hydrogen-bond donors (Lipinski definition) is 0. The molecule has 0 saturated heterocycles. The minimum Gasteiger partial charge on any atom is -0.497 e. The highest BCUT2D eigenvalue weighted by atomic mass is 16.5. The molecule has 0 aliphatic carbocycles. The first-order valence-corrected chi connectivity index (χ1v) is 7.64. The van der Waals surface area contributed by atoms with Gasteiger partial charge < -0.3 is 4.74 Å². The van der Waals surface area contributed by atoms with Crippen LogP contribution in [0.25, 0.3) is 17.1 Å². The molecule has 0 atom stereocenters. The van der Waals surface area contributed by atoms with Gasteiger partial charge >= 0.3 is 0 Å². The van der Waals surface area contributed by atoms with Crippen LogP contribution in [0.2, 0.25) is 0 Å². The van der Waals surface area contributed by atoms with Crippen molar-refractivity contribution in [2.24, 2.45) is 0 Å². The Morgan fingerprint density at radius 2 is 1.74 bits per heavy atom. The highest BCUT2D eigenvalue weighted by Gasteiger charge is 2.14. The number of aromatic nitrogens is 3. The summed E-state index contributed by atoms with van der Waals surface area (Å²) in [5, 5.41) is 4.37. The first-order chi connectivity index (χ1) is 11.0. The summed E-state index contributed by atoms with van der Waals surface area (Å²) in [6.45, 7) is 6.62. The van der Waals surface area contributed by atoms with E-state index in [1.165, 1.54) is 5.56 Å². The normalized spacial score (nSPS) is 11.5. The molecule has 0 bridgehead atoms. The van der Waals surface area contributed by atoms with Crippen molar-refractivity contribution in [3.8, 4) is 22.8 Å². The zero-order chi connectivity index (χ0) is 16.4. The van der Waals surface area contributed by atoms with Crippen molar-refractivity contribution in [3.05, 3.63) is 60.4 Å². The van der Waals surface area contributed by atoms with Crippen LogP contribution in [0.5, 0.6) is 5.75 Å². The summed E-state index contributed by atoms with van der Waals surface area (Å²) in [5.74, 6) is 1.60. The third kappa shape index (κ3) is 3.11. The number of ether oxygens (including phenoxy) is 1. The molecule has 0 amide bonds. The van der Waals surface area contributed by atoms with Crippen molar-refractivity contribution in [2.75, 3.05) is 7.11 Å². The molecule has 23 heavy (non-hydrogen) atoms. The van der Waals surface area contributed by atoms with Gasteiger partial charge in [-0.25, -0.2) is 9.67 Å². The lowest BCUT2D eigenvalue weighted by Crippen LogP contribution is -2.11. The van der Waals surface area contributed by atoms with Crippen LogP contribution >= 0.6 is 0 Å². The van der Waals surface area contributed by atoms with Crippen LogP contribution in [0.15, 0.2) is 54.9 Å². The summed E-state index contributed by atoms with van der Waals surface area (Å²) in [7, 11) is 1.66. The minimum absolute atomic E-state index is 0.135. The van der Waals surface area contributed by atoms with Crippen molar-refractivity contribution < 1.29 is 4.74 Å². The number of nitrogens with zero attached hydrogens (tertiary/aromatic N) is 3. The van der Waals surface area contributed by atoms with E-state index in [0.717, 1.165) is 22.8 Å². The van der Waals surface area contributed by atoms with E-state index in [2.05, 4.69) is 55.1 Å². The van der Waals surface area contributed by atoms with Gasteiger partial charge in [0.05, 0.1) is 12.8 Å². The maximum Gasteiger partial charge on any atom is 0.163 e. The van der Waals surface area contributed by atoms with Crippen LogP contribution in [0, 0.1) is 0 Å². The number of rotatable bonds is 3. The maximum atomic E-state index is 5.29. The zero-order valence-corrected chi connectivity index (χ0v) is 13.9. The molecule has 1 heterocycles. The maximum absolute atomic E-state index is 5.29. The first-order valence-electron chi connectivity index (χ1n) is 7.64. The van der Waals surface area contributed by atoms with Crippen LogP contribution in [0.3, 0.4) is 0 Å². The van der Waals surface area contributed by atoms with Gasteiger partial charge in [0.1, 0.15) is 12.1 Å². The highest BCUT2D eigenvalue weighted by molar-refractivity contribution is 5.60. The Balaban J connectivity index is 2.01. The van der Waals surface area contributed by atoms with Crippen LogP contribution < -0.4 is 4.74 Å². The predicted octanol–water partition coefficient (Wildman–Crippen LogP) is 4.24. The van der Waals surface area contributed by atoms with Gasteiger partial charge in [-0.3, -0.25) is 0 Å². The molecule has 0 spiro atoms. The van der Waals surface area contributed by atoms with Crippen LogP contribution in [0.4, 0.5) is 0 Å². The van der Waals surface area contributed by atoms with E-state index in [4.69, 9.17) is 4.74 Å². The topological polar surface area (TPSA) is 39.9 Å². The van der Waals surface area contributed by atoms with Crippen molar-refractivity contribution in [1.82, 2.24) is 14.8 Å². The van der Waals surface area contributed by atoms with Gasteiger partial charge in [0.2, 0.25) is 0 Å². The molecule has 0 fully saturated rings. The standard InChI is InChI=1S/C19H21N3O/c1-19(2,3)15-8-10-16(11-9-15)22-18(20-13-21-22)14-6-5-7-17(12-14)23-4/h5-13H,1-4H3. The average Bonchev–Trinajstić information content (AvgIpc) is 3.04. The van der Waals surface area contributed by atoms with Crippen molar-refractivity contribution in [1.29, 1.82) is 0 Å². The zero-order valence-electron chi connectivity index (χ0n) is 13.9. The Labute approximate surface area is 136 Å². The van der Waals surface area contributed by atoms with E-state index >= 15 is 0 Å². The summed E-state index contributed by atoms with van der Waals surface area (Å²) >= 11 is 0. The smallest absolute Gasteiger partial charge is 0.163 e. The van der Waals surface area contributed by atoms with Gasteiger partial charge in [0.25, 0.3) is 0 Å². The summed E-state index contributed by atoms with van der Waals surface area (Å²) in [5.41, 5.74) is 3.40. The molecule has 2 aromatic carbocycles. The quantitative estimate of drug-likeness (QED) is 0.726. The number of methoxy groups -OCH3 is 1. The molecule has 0 N–H and O–H groups in total. The molecule has 0 unspecified atom stereocenters. The molecule has 0 aliphatic heterocycles. The lowest BCUT2D eigenvalue weighted by atomic mass is 9.87. The molecule has 118 valence electrons. The molecule has 1 aromatic heterocycles. The fraction of sp³-hybridized carbons (Fsp3) is 0.263. The summed E-state index contributed by atoms with van der Waals surface area (Å²) < 4.78 is 7.14. The van der Waals surface area contributed by atoms with E-state index < -0.39 is 0 Å². The molecule has 3 aromatic rings. The molecular formula is C19H21N3O. The summed E-state index contributed by atoms with van der Waals surface area (Å²) in [6, 6.07) is 16.3. The van der Waals surface area contributed by atoms with Crippen LogP contribution in [-0.2, 0) is 5.41 Å². The molecular weight excluding hydrogens is 286 g/mol. The van der Waals surface area contributed by atoms with Crippen LogP contribution in [0.1, 0.15) is 26.3 Å². The highest BCUT2D eigenvalue weighted by Crippen LogP contribution is 2.26. The minimum atomic E-state index is 0.135. The first kappa shape index (κ1) is 15.3. The monoisotopic (exact) mass is 307 g/mol. The molecule has 0 radical (unpaired) electrons. The van der Waals surface area contributed by atoms with E-state index in [0.29, 0.717) is 0 Å². The molecule has 3 rings (SSSR count). The van der Waals surface area contributed by atoms with Crippen molar-refractivity contribution in [2.45, 2.75) is 26.2 Å². The Hall–Kier alpha value is -2.62. The number of benzene rings is 2. The van der Waals surface area contributed by atoms with Gasteiger partial charge in [0, 0.05) is 5.56 Å². The Morgan fingerprint density at radius 1 is 1.00 bits per heavy atom. The van der Waals surface area contributed by atoms with E-state index in [-0.39, 0.29) is 5.41 Å². The van der Waals surface area contributed by atoms with Crippen molar-refractivity contribution in [3.63, 3.8) is 0 Å². The Bertz CT molecular complexity index is 798. The van der Waals surface area contributed by atoms with Gasteiger partial charge in [-0.05, 0) is 35.2 Å². The van der Waals surface area contributed by atoms with E-state index in [9.17, 15) is 0 Å². The largest absolute Gasteiger partial charge is 0.497 e. The average molecular weight is 307 g/mol. The Kier molecular flexibility index (Phi) is 3.90. The lowest BCUT2D eigenvalue weighted by molar-refractivity contribution is 0.415. The summed E-state index contributed by atoms with van der Waals surface area (Å²) in [4.78, 5) is 4.41. The van der Waals surface area contributed by atoms with Crippen molar-refractivity contribution >= 4 is 0 Å². The third-order valence-corrected chi connectivity index (χ3v) is 3.85. The van der Waals surface area contributed by atoms with E-state index in [1.807, 2.05) is 28.9 Å². The SMILES string of the molecule is COc1cccc(-c2ncnn2-c2ccc(C(C)(C)C)cc2)c1. The van der Waals surface area contributed by atoms with E-state index in [1.54, 1.807) is 13.4 Å². The predicted molar refractivity (Wildman–Crippen MR) is 92.0 cm³/mol. The Morgan fingerprint density at radius 3 is 2.39 bits per heavy atom. The fourth-order valence-corrected chi connectivity index (χ4v) is 2.49. The molecule has 0 aliphatic rings.